The maximum atomic E-state index is 13.7. The van der Waals surface area contributed by atoms with Crippen LogP contribution in [0.4, 0.5) is 8.78 Å². The minimum absolute atomic E-state index is 0.0360. The fourth-order valence-corrected chi connectivity index (χ4v) is 2.07. The number of hydrogen-bond donors (Lipinski definition) is 1. The van der Waals surface area contributed by atoms with Crippen molar-refractivity contribution in [3.05, 3.63) is 51.6 Å². The van der Waals surface area contributed by atoms with Gasteiger partial charge in [0.15, 0.2) is 11.6 Å². The Hall–Kier alpha value is -1.60. The summed E-state index contributed by atoms with van der Waals surface area (Å²) in [6.45, 7) is 1.73. The van der Waals surface area contributed by atoms with Crippen molar-refractivity contribution in [1.29, 1.82) is 0 Å². The van der Waals surface area contributed by atoms with E-state index >= 15 is 0 Å². The Kier molecular flexibility index (Phi) is 4.29. The van der Waals surface area contributed by atoms with Gasteiger partial charge in [-0.2, -0.15) is 4.39 Å². The summed E-state index contributed by atoms with van der Waals surface area (Å²) < 4.78 is 32.7. The van der Waals surface area contributed by atoms with Gasteiger partial charge in [0, 0.05) is 10.2 Å². The first-order valence-electron chi connectivity index (χ1n) is 5.48. The van der Waals surface area contributed by atoms with Gasteiger partial charge in [0.2, 0.25) is 11.7 Å². The summed E-state index contributed by atoms with van der Waals surface area (Å²) in [5.74, 6) is -2.40. The van der Waals surface area contributed by atoms with E-state index in [2.05, 4.69) is 20.9 Å². The third-order valence-corrected chi connectivity index (χ3v) is 3.11. The zero-order chi connectivity index (χ0) is 14.9. The average molecular weight is 359 g/mol. The summed E-state index contributed by atoms with van der Waals surface area (Å²) in [4.78, 5) is 4.15. The number of thiocarbonyl (C=S) groups is 1. The molecule has 1 aromatic heterocycles. The highest BCUT2D eigenvalue weighted by molar-refractivity contribution is 9.10. The van der Waals surface area contributed by atoms with Crippen LogP contribution in [-0.2, 0) is 0 Å². The van der Waals surface area contributed by atoms with Gasteiger partial charge in [-0.15, -0.1) is 0 Å². The number of benzene rings is 1. The lowest BCUT2D eigenvalue weighted by Gasteiger charge is -2.11. The molecule has 3 nitrogen and oxygen atoms in total. The Balaban J connectivity index is 2.50. The molecule has 0 bridgehead atoms. The molecule has 0 unspecified atom stereocenters. The maximum Gasteiger partial charge on any atom is 0.229 e. The molecule has 0 radical (unpaired) electrons. The summed E-state index contributed by atoms with van der Waals surface area (Å²) in [6, 6.07) is 5.61. The van der Waals surface area contributed by atoms with Gasteiger partial charge in [0.1, 0.15) is 4.99 Å². The number of halogens is 3. The zero-order valence-corrected chi connectivity index (χ0v) is 12.7. The van der Waals surface area contributed by atoms with Crippen molar-refractivity contribution in [2.45, 2.75) is 6.92 Å². The molecule has 0 fully saturated rings. The van der Waals surface area contributed by atoms with Crippen LogP contribution in [0.2, 0.25) is 0 Å². The smallest absolute Gasteiger partial charge is 0.229 e. The third kappa shape index (κ3) is 3.10. The SMILES string of the molecule is Cc1ccc(C(N)=S)c(Oc2cc(Br)cc(F)c2F)n1. The molecule has 0 aliphatic rings. The Bertz CT molecular complexity index is 694. The van der Waals surface area contributed by atoms with Crippen LogP contribution in [0.15, 0.2) is 28.7 Å². The maximum absolute atomic E-state index is 13.7. The van der Waals surface area contributed by atoms with Crippen molar-refractivity contribution in [2.75, 3.05) is 0 Å². The van der Waals surface area contributed by atoms with E-state index in [1.165, 1.54) is 6.07 Å². The van der Waals surface area contributed by atoms with Crippen LogP contribution in [-0.4, -0.2) is 9.97 Å². The molecule has 20 heavy (non-hydrogen) atoms. The van der Waals surface area contributed by atoms with Gasteiger partial charge in [-0.05, 0) is 31.2 Å². The number of aryl methyl sites for hydroxylation is 1. The molecule has 0 spiro atoms. The van der Waals surface area contributed by atoms with Gasteiger partial charge in [-0.1, -0.05) is 28.1 Å². The molecule has 104 valence electrons. The third-order valence-electron chi connectivity index (χ3n) is 2.43. The summed E-state index contributed by atoms with van der Waals surface area (Å²) in [6.07, 6.45) is 0. The van der Waals surface area contributed by atoms with Crippen molar-refractivity contribution in [1.82, 2.24) is 4.98 Å². The lowest BCUT2D eigenvalue weighted by molar-refractivity contribution is 0.403. The quantitative estimate of drug-likeness (QED) is 0.668. The number of nitrogens with zero attached hydrogens (tertiary/aromatic N) is 1. The van der Waals surface area contributed by atoms with Crippen molar-refractivity contribution in [3.63, 3.8) is 0 Å². The number of hydrogen-bond acceptors (Lipinski definition) is 3. The zero-order valence-electron chi connectivity index (χ0n) is 10.3. The molecule has 2 aromatic rings. The molecule has 0 atom stereocenters. The van der Waals surface area contributed by atoms with Gasteiger partial charge in [-0.25, -0.2) is 9.37 Å². The minimum Gasteiger partial charge on any atom is -0.435 e. The normalized spacial score (nSPS) is 10.4. The highest BCUT2D eigenvalue weighted by Crippen LogP contribution is 2.30. The van der Waals surface area contributed by atoms with Crippen LogP contribution in [0.5, 0.6) is 11.6 Å². The van der Waals surface area contributed by atoms with Crippen LogP contribution in [0.3, 0.4) is 0 Å². The molecule has 0 aliphatic carbocycles. The molecule has 1 heterocycles. The summed E-state index contributed by atoms with van der Waals surface area (Å²) in [5, 5.41) is 0. The monoisotopic (exact) mass is 358 g/mol. The van der Waals surface area contributed by atoms with Gasteiger partial charge in [-0.3, -0.25) is 0 Å². The first-order valence-corrected chi connectivity index (χ1v) is 6.68. The van der Waals surface area contributed by atoms with Crippen molar-refractivity contribution >= 4 is 33.1 Å². The average Bonchev–Trinajstić information content (AvgIpc) is 2.35. The highest BCUT2D eigenvalue weighted by Gasteiger charge is 2.16. The summed E-state index contributed by atoms with van der Waals surface area (Å²) >= 11 is 7.94. The van der Waals surface area contributed by atoms with E-state index in [-0.39, 0.29) is 16.6 Å². The molecule has 0 aliphatic heterocycles. The molecule has 0 saturated heterocycles. The lowest BCUT2D eigenvalue weighted by Crippen LogP contribution is -2.12. The fourth-order valence-electron chi connectivity index (χ4n) is 1.51. The molecule has 2 N–H and O–H groups in total. The van der Waals surface area contributed by atoms with Gasteiger partial charge in [0.05, 0.1) is 5.56 Å². The molecule has 1 aromatic carbocycles. The molecule has 2 rings (SSSR count). The van der Waals surface area contributed by atoms with E-state index in [9.17, 15) is 8.78 Å². The number of aromatic nitrogens is 1. The van der Waals surface area contributed by atoms with Gasteiger partial charge in [0.25, 0.3) is 0 Å². The fraction of sp³-hybridized carbons (Fsp3) is 0.0769. The predicted molar refractivity (Wildman–Crippen MR) is 79.0 cm³/mol. The largest absolute Gasteiger partial charge is 0.435 e. The number of pyridine rings is 1. The van der Waals surface area contributed by atoms with E-state index < -0.39 is 11.6 Å². The lowest BCUT2D eigenvalue weighted by atomic mass is 10.2. The van der Waals surface area contributed by atoms with E-state index in [1.54, 1.807) is 19.1 Å². The van der Waals surface area contributed by atoms with Crippen LogP contribution in [0.25, 0.3) is 0 Å². The van der Waals surface area contributed by atoms with Crippen LogP contribution >= 0.6 is 28.1 Å². The number of nitrogens with two attached hydrogens (primary N) is 1. The van der Waals surface area contributed by atoms with Crippen molar-refractivity contribution in [2.24, 2.45) is 5.73 Å². The van der Waals surface area contributed by atoms with E-state index in [1.807, 2.05) is 0 Å². The minimum atomic E-state index is -1.11. The number of ether oxygens (including phenoxy) is 1. The molecular weight excluding hydrogens is 350 g/mol. The van der Waals surface area contributed by atoms with Crippen molar-refractivity contribution in [3.8, 4) is 11.6 Å². The Morgan fingerprint density at radius 3 is 2.70 bits per heavy atom. The van der Waals surface area contributed by atoms with Gasteiger partial charge >= 0.3 is 0 Å². The number of rotatable bonds is 3. The molecule has 7 heteroatoms. The van der Waals surface area contributed by atoms with Crippen molar-refractivity contribution < 1.29 is 13.5 Å². The van der Waals surface area contributed by atoms with Gasteiger partial charge < -0.3 is 10.5 Å². The van der Waals surface area contributed by atoms with Crippen LogP contribution < -0.4 is 10.5 Å². The van der Waals surface area contributed by atoms with E-state index in [4.69, 9.17) is 22.7 Å². The molecular formula is C13H9BrF2N2OS. The standard InChI is InChI=1S/C13H9BrF2N2OS/c1-6-2-3-8(12(17)20)13(18-6)19-10-5-7(14)4-9(15)11(10)16/h2-5H,1H3,(H2,17,20). The first-order chi connectivity index (χ1) is 9.38. The second-order valence-electron chi connectivity index (χ2n) is 3.97. The summed E-state index contributed by atoms with van der Waals surface area (Å²) in [5.41, 5.74) is 6.54. The first kappa shape index (κ1) is 14.8. The second-order valence-corrected chi connectivity index (χ2v) is 5.33. The highest BCUT2D eigenvalue weighted by atomic mass is 79.9. The topological polar surface area (TPSA) is 48.1 Å². The van der Waals surface area contributed by atoms with E-state index in [0.29, 0.717) is 15.7 Å². The summed E-state index contributed by atoms with van der Waals surface area (Å²) in [7, 11) is 0. The van der Waals surface area contributed by atoms with Crippen LogP contribution in [0.1, 0.15) is 11.3 Å². The predicted octanol–water partition coefficient (Wildman–Crippen LogP) is 3.86. The second kappa shape index (κ2) is 5.80. The molecule has 0 saturated carbocycles. The van der Waals surface area contributed by atoms with E-state index in [0.717, 1.165) is 6.07 Å². The Morgan fingerprint density at radius 1 is 1.35 bits per heavy atom. The molecule has 0 amide bonds. The Labute approximate surface area is 127 Å². The van der Waals surface area contributed by atoms with Crippen LogP contribution in [0, 0.1) is 18.6 Å². The Morgan fingerprint density at radius 2 is 2.05 bits per heavy atom.